The predicted octanol–water partition coefficient (Wildman–Crippen LogP) is 2.37. The summed E-state index contributed by atoms with van der Waals surface area (Å²) in [7, 11) is 0. The second kappa shape index (κ2) is 5.49. The highest BCUT2D eigenvalue weighted by molar-refractivity contribution is 5.08. The molecule has 2 aliphatic heterocycles. The number of rotatable bonds is 3. The number of aromatic nitrogens is 3. The largest absolute Gasteiger partial charge is 0.398 e. The molecule has 0 aliphatic carbocycles. The van der Waals surface area contributed by atoms with Crippen molar-refractivity contribution in [2.75, 3.05) is 6.61 Å². The molecule has 0 spiro atoms. The number of hydrogen-bond donors (Lipinski definition) is 1. The molecular weight excluding hydrogens is 297 g/mol. The van der Waals surface area contributed by atoms with Gasteiger partial charge >= 0.3 is 6.18 Å². The third kappa shape index (κ3) is 3.12. The number of fused-ring (bicyclic) bond motifs is 1. The van der Waals surface area contributed by atoms with Crippen molar-refractivity contribution >= 4 is 0 Å². The first-order chi connectivity index (χ1) is 10.3. The van der Waals surface area contributed by atoms with Crippen molar-refractivity contribution in [2.45, 2.75) is 69.9 Å². The minimum Gasteiger partial charge on any atom is -0.374 e. The van der Waals surface area contributed by atoms with Gasteiger partial charge in [-0.05, 0) is 33.1 Å². The van der Waals surface area contributed by atoms with Crippen LogP contribution in [0.3, 0.4) is 0 Å². The summed E-state index contributed by atoms with van der Waals surface area (Å²) < 4.78 is 46.4. The molecule has 22 heavy (non-hydrogen) atoms. The smallest absolute Gasteiger partial charge is 0.374 e. The van der Waals surface area contributed by atoms with Crippen LogP contribution in [0.4, 0.5) is 13.2 Å². The Kier molecular flexibility index (Phi) is 3.92. The molecule has 124 valence electrons. The number of ether oxygens (including phenoxy) is 1. The van der Waals surface area contributed by atoms with Gasteiger partial charge in [0.1, 0.15) is 17.6 Å². The van der Waals surface area contributed by atoms with E-state index < -0.39 is 12.1 Å². The molecule has 2 unspecified atom stereocenters. The van der Waals surface area contributed by atoms with Crippen LogP contribution >= 0.6 is 0 Å². The number of nitrogens with zero attached hydrogens (tertiary/aromatic N) is 3. The van der Waals surface area contributed by atoms with Crippen molar-refractivity contribution in [1.82, 2.24) is 20.1 Å². The number of hydrogen-bond acceptors (Lipinski definition) is 4. The Balaban J connectivity index is 1.68. The van der Waals surface area contributed by atoms with Crippen LogP contribution in [-0.4, -0.2) is 39.2 Å². The minimum atomic E-state index is -4.25. The monoisotopic (exact) mass is 318 g/mol. The Morgan fingerprint density at radius 3 is 2.77 bits per heavy atom. The fourth-order valence-electron chi connectivity index (χ4n) is 3.28. The molecule has 2 atom stereocenters. The van der Waals surface area contributed by atoms with Crippen LogP contribution in [0.15, 0.2) is 0 Å². The zero-order chi connectivity index (χ0) is 16.0. The Hall–Kier alpha value is -1.15. The van der Waals surface area contributed by atoms with E-state index >= 15 is 0 Å². The van der Waals surface area contributed by atoms with Gasteiger partial charge in [-0.2, -0.15) is 13.2 Å². The van der Waals surface area contributed by atoms with Crippen molar-refractivity contribution in [1.29, 1.82) is 0 Å². The maximum atomic E-state index is 13.0. The Morgan fingerprint density at radius 1 is 1.36 bits per heavy atom. The molecule has 1 aromatic heterocycles. The molecule has 5 nitrogen and oxygen atoms in total. The highest BCUT2D eigenvalue weighted by Gasteiger charge is 2.45. The Bertz CT molecular complexity index is 541. The molecule has 1 aromatic rings. The Labute approximate surface area is 127 Å². The first-order valence-corrected chi connectivity index (χ1v) is 7.62. The zero-order valence-corrected chi connectivity index (χ0v) is 12.8. The fourth-order valence-corrected chi connectivity index (χ4v) is 3.28. The van der Waals surface area contributed by atoms with E-state index in [0.717, 1.165) is 6.42 Å². The van der Waals surface area contributed by atoms with Gasteiger partial charge < -0.3 is 14.6 Å². The van der Waals surface area contributed by atoms with Crippen molar-refractivity contribution in [2.24, 2.45) is 0 Å². The first kappa shape index (κ1) is 15.7. The van der Waals surface area contributed by atoms with Crippen molar-refractivity contribution in [3.05, 3.63) is 11.6 Å². The normalized spacial score (nSPS) is 27.9. The van der Waals surface area contributed by atoms with Gasteiger partial charge in [0.15, 0.2) is 0 Å². The van der Waals surface area contributed by atoms with Gasteiger partial charge in [-0.15, -0.1) is 10.2 Å². The van der Waals surface area contributed by atoms with E-state index in [9.17, 15) is 13.2 Å². The lowest BCUT2D eigenvalue weighted by atomic mass is 9.98. The lowest BCUT2D eigenvalue weighted by Crippen LogP contribution is -2.32. The van der Waals surface area contributed by atoms with Crippen LogP contribution < -0.4 is 5.32 Å². The van der Waals surface area contributed by atoms with E-state index in [0.29, 0.717) is 31.9 Å². The lowest BCUT2D eigenvalue weighted by molar-refractivity contribution is -0.156. The molecule has 8 heteroatoms. The lowest BCUT2D eigenvalue weighted by Gasteiger charge is -2.25. The second-order valence-corrected chi connectivity index (χ2v) is 6.72. The summed E-state index contributed by atoms with van der Waals surface area (Å²) in [5.74, 6) is -0.858. The van der Waals surface area contributed by atoms with Gasteiger partial charge in [0, 0.05) is 12.6 Å². The van der Waals surface area contributed by atoms with Gasteiger partial charge in [-0.1, -0.05) is 0 Å². The van der Waals surface area contributed by atoms with Crippen LogP contribution in [0.5, 0.6) is 0 Å². The summed E-state index contributed by atoms with van der Waals surface area (Å²) in [4.78, 5) is 0. The molecule has 0 radical (unpaired) electrons. The van der Waals surface area contributed by atoms with Crippen molar-refractivity contribution < 1.29 is 17.9 Å². The summed E-state index contributed by atoms with van der Waals surface area (Å²) in [5, 5.41) is 11.1. The molecule has 1 N–H and O–H groups in total. The summed E-state index contributed by atoms with van der Waals surface area (Å²) in [6.07, 6.45) is -2.78. The Morgan fingerprint density at radius 2 is 2.14 bits per heavy atom. The summed E-state index contributed by atoms with van der Waals surface area (Å²) in [5.41, 5.74) is -0.149. The van der Waals surface area contributed by atoms with Gasteiger partial charge in [0.05, 0.1) is 18.8 Å². The number of nitrogens with one attached hydrogen (secondary N) is 1. The third-order valence-corrected chi connectivity index (χ3v) is 4.40. The zero-order valence-electron chi connectivity index (χ0n) is 12.8. The molecule has 2 aliphatic rings. The standard InChI is InChI=1S/C14H21F3N4O/c1-13(2)6-9(8-22-13)18-7-11-19-20-12-10(14(15,16)17)4-3-5-21(11)12/h9-10,18H,3-8H2,1-2H3. The average molecular weight is 318 g/mol. The van der Waals surface area contributed by atoms with Gasteiger partial charge in [0.25, 0.3) is 0 Å². The molecule has 0 bridgehead atoms. The van der Waals surface area contributed by atoms with Crippen LogP contribution in [-0.2, 0) is 17.8 Å². The van der Waals surface area contributed by atoms with E-state index in [4.69, 9.17) is 4.74 Å². The minimum absolute atomic E-state index is 0.0542. The van der Waals surface area contributed by atoms with E-state index in [1.54, 1.807) is 4.57 Å². The molecule has 3 rings (SSSR count). The van der Waals surface area contributed by atoms with Gasteiger partial charge in [-0.25, -0.2) is 0 Å². The number of halogens is 3. The highest BCUT2D eigenvalue weighted by atomic mass is 19.4. The summed E-state index contributed by atoms with van der Waals surface area (Å²) >= 11 is 0. The molecule has 0 saturated carbocycles. The van der Waals surface area contributed by atoms with Gasteiger partial charge in [0.2, 0.25) is 0 Å². The first-order valence-electron chi connectivity index (χ1n) is 7.62. The van der Waals surface area contributed by atoms with E-state index in [2.05, 4.69) is 15.5 Å². The highest BCUT2D eigenvalue weighted by Crippen LogP contribution is 2.40. The SMILES string of the molecule is CC1(C)CC(NCc2nnc3n2CCCC3C(F)(F)F)CO1. The molecular formula is C14H21F3N4O. The van der Waals surface area contributed by atoms with Crippen molar-refractivity contribution in [3.63, 3.8) is 0 Å². The topological polar surface area (TPSA) is 52.0 Å². The molecule has 1 fully saturated rings. The fraction of sp³-hybridized carbons (Fsp3) is 0.857. The molecule has 0 aromatic carbocycles. The second-order valence-electron chi connectivity index (χ2n) is 6.72. The van der Waals surface area contributed by atoms with Crippen LogP contribution in [0.1, 0.15) is 50.7 Å². The maximum absolute atomic E-state index is 13.0. The summed E-state index contributed by atoms with van der Waals surface area (Å²) in [6.45, 7) is 5.64. The van der Waals surface area contributed by atoms with Crippen molar-refractivity contribution in [3.8, 4) is 0 Å². The van der Waals surface area contributed by atoms with Crippen LogP contribution in [0.25, 0.3) is 0 Å². The predicted molar refractivity (Wildman–Crippen MR) is 73.3 cm³/mol. The van der Waals surface area contributed by atoms with E-state index in [-0.39, 0.29) is 23.9 Å². The molecule has 1 saturated heterocycles. The van der Waals surface area contributed by atoms with Crippen LogP contribution in [0.2, 0.25) is 0 Å². The third-order valence-electron chi connectivity index (χ3n) is 4.40. The van der Waals surface area contributed by atoms with Gasteiger partial charge in [-0.3, -0.25) is 0 Å². The molecule has 3 heterocycles. The van der Waals surface area contributed by atoms with E-state index in [1.165, 1.54) is 0 Å². The molecule has 0 amide bonds. The number of alkyl halides is 3. The van der Waals surface area contributed by atoms with E-state index in [1.807, 2.05) is 13.8 Å². The maximum Gasteiger partial charge on any atom is 0.398 e. The summed E-state index contributed by atoms with van der Waals surface area (Å²) in [6, 6.07) is 0.199. The quantitative estimate of drug-likeness (QED) is 0.930. The average Bonchev–Trinajstić information content (AvgIpc) is 2.98. The van der Waals surface area contributed by atoms with Crippen LogP contribution in [0, 0.1) is 0 Å².